The topological polar surface area (TPSA) is 119 Å². The van der Waals surface area contributed by atoms with Gasteiger partial charge in [0.2, 0.25) is 0 Å². The van der Waals surface area contributed by atoms with Crippen LogP contribution in [0.3, 0.4) is 0 Å². The molecule has 4 aromatic rings. The molecule has 0 bridgehead atoms. The van der Waals surface area contributed by atoms with Crippen LogP contribution in [0.5, 0.6) is 0 Å². The van der Waals surface area contributed by atoms with E-state index in [1.807, 2.05) is 54.6 Å². The average molecular weight is 482 g/mol. The number of hydrogen-bond acceptors (Lipinski definition) is 10. The number of Topliss-reactive ketones (excluding diaryl/α,β-unsaturated/α-hetero) is 1. The molecule has 2 aliphatic rings. The zero-order chi connectivity index (χ0) is 24.3. The summed E-state index contributed by atoms with van der Waals surface area (Å²) >= 11 is 0. The first-order chi connectivity index (χ1) is 17.8. The smallest absolute Gasteiger partial charge is 0.317 e. The molecule has 1 N–H and O–H groups in total. The van der Waals surface area contributed by atoms with Crippen molar-refractivity contribution in [2.24, 2.45) is 4.99 Å². The van der Waals surface area contributed by atoms with Gasteiger partial charge in [0, 0.05) is 43.0 Å². The summed E-state index contributed by atoms with van der Waals surface area (Å²) in [6, 6.07) is 17.7. The second-order valence-corrected chi connectivity index (χ2v) is 8.43. The van der Waals surface area contributed by atoms with E-state index in [0.29, 0.717) is 37.8 Å². The number of carbonyl (C=O) groups excluding carboxylic acids is 1. The quantitative estimate of drug-likeness (QED) is 0.459. The molecule has 10 nitrogen and oxygen atoms in total. The molecule has 1 fully saturated rings. The molecule has 36 heavy (non-hydrogen) atoms. The van der Waals surface area contributed by atoms with Crippen LogP contribution in [0, 0.1) is 0 Å². The third kappa shape index (κ3) is 4.34. The highest BCUT2D eigenvalue weighted by atomic mass is 16.5. The molecule has 1 saturated heterocycles. The second-order valence-electron chi connectivity index (χ2n) is 8.43. The number of rotatable bonds is 5. The predicted octanol–water partition coefficient (Wildman–Crippen LogP) is 2.76. The van der Waals surface area contributed by atoms with Crippen molar-refractivity contribution in [3.05, 3.63) is 83.7 Å². The maximum Gasteiger partial charge on any atom is 0.317 e. The Hall–Kier alpha value is -4.44. The average Bonchev–Trinajstić information content (AvgIpc) is 3.35. The molecule has 1 atom stereocenters. The summed E-state index contributed by atoms with van der Waals surface area (Å²) in [4.78, 5) is 29.0. The molecule has 2 aromatic heterocycles. The van der Waals surface area contributed by atoms with Gasteiger partial charge < -0.3 is 19.4 Å². The number of benzene rings is 2. The first-order valence-electron chi connectivity index (χ1n) is 11.7. The maximum atomic E-state index is 13.2. The summed E-state index contributed by atoms with van der Waals surface area (Å²) in [5, 5.41) is 11.3. The van der Waals surface area contributed by atoms with Crippen LogP contribution in [0.1, 0.15) is 16.7 Å². The van der Waals surface area contributed by atoms with Crippen molar-refractivity contribution in [2.75, 3.05) is 36.5 Å². The van der Waals surface area contributed by atoms with Crippen molar-refractivity contribution in [3.8, 4) is 11.6 Å². The van der Waals surface area contributed by atoms with Gasteiger partial charge in [-0.2, -0.15) is 0 Å². The minimum atomic E-state index is -0.888. The van der Waals surface area contributed by atoms with E-state index >= 15 is 0 Å². The molecular formula is C26H23N7O3. The highest BCUT2D eigenvalue weighted by Gasteiger charge is 2.28. The van der Waals surface area contributed by atoms with Crippen molar-refractivity contribution < 1.29 is 13.9 Å². The maximum absolute atomic E-state index is 13.2. The van der Waals surface area contributed by atoms with Crippen LogP contribution in [0.25, 0.3) is 11.6 Å². The van der Waals surface area contributed by atoms with Crippen LogP contribution in [0.2, 0.25) is 0 Å². The van der Waals surface area contributed by atoms with E-state index in [4.69, 9.17) is 14.1 Å². The normalized spacial score (nSPS) is 17.8. The SMILES string of the molecule is O=C1Cc2ccccc2C(c2ccccc2)=N[C@@H]1Nc1nnc(-c2nccnc2N2CCOCC2)o1. The number of carbonyl (C=O) groups is 1. The number of ketones is 1. The molecule has 0 radical (unpaired) electrons. The highest BCUT2D eigenvalue weighted by molar-refractivity contribution is 6.16. The summed E-state index contributed by atoms with van der Waals surface area (Å²) < 4.78 is 11.3. The Bertz CT molecular complexity index is 1410. The number of aliphatic imine (C=N–C) groups is 1. The molecule has 10 heteroatoms. The summed E-state index contributed by atoms with van der Waals surface area (Å²) in [5.41, 5.74) is 4.00. The molecule has 0 aliphatic carbocycles. The third-order valence-electron chi connectivity index (χ3n) is 6.12. The lowest BCUT2D eigenvalue weighted by atomic mass is 9.96. The Morgan fingerprint density at radius 3 is 2.56 bits per heavy atom. The van der Waals surface area contributed by atoms with Gasteiger partial charge in [0.15, 0.2) is 23.5 Å². The van der Waals surface area contributed by atoms with E-state index in [1.54, 1.807) is 12.4 Å². The van der Waals surface area contributed by atoms with Crippen molar-refractivity contribution in [2.45, 2.75) is 12.6 Å². The summed E-state index contributed by atoms with van der Waals surface area (Å²) in [5.74, 6) is 0.770. The van der Waals surface area contributed by atoms with E-state index in [-0.39, 0.29) is 24.1 Å². The number of nitrogens with zero attached hydrogens (tertiary/aromatic N) is 6. The van der Waals surface area contributed by atoms with Crippen LogP contribution in [0.15, 0.2) is 76.4 Å². The molecule has 0 saturated carbocycles. The van der Waals surface area contributed by atoms with E-state index in [2.05, 4.69) is 30.4 Å². The molecule has 0 spiro atoms. The van der Waals surface area contributed by atoms with Crippen LogP contribution in [-0.4, -0.2) is 64.1 Å². The molecule has 6 rings (SSSR count). The standard InChI is InChI=1S/C26H23N7O3/c34-20-16-18-8-4-5-9-19(18)21(17-6-2-1-3-7-17)29-23(20)30-26-32-31-25(36-26)22-24(28-11-10-27-22)33-12-14-35-15-13-33/h1-11,23H,12-16H2,(H,30,32)/t23-/m1/s1. The van der Waals surface area contributed by atoms with E-state index in [0.717, 1.165) is 22.4 Å². The monoisotopic (exact) mass is 481 g/mol. The van der Waals surface area contributed by atoms with Crippen molar-refractivity contribution in [1.29, 1.82) is 0 Å². The Kier molecular flexibility index (Phi) is 5.92. The van der Waals surface area contributed by atoms with Gasteiger partial charge in [-0.1, -0.05) is 59.7 Å². The minimum Gasteiger partial charge on any atom is -0.401 e. The number of ether oxygens (including phenoxy) is 1. The van der Waals surface area contributed by atoms with Crippen LogP contribution >= 0.6 is 0 Å². The molecule has 0 amide bonds. The summed E-state index contributed by atoms with van der Waals surface area (Å²) in [6.07, 6.45) is 2.56. The van der Waals surface area contributed by atoms with Gasteiger partial charge in [0.25, 0.3) is 5.89 Å². The fraction of sp³-hybridized carbons (Fsp3) is 0.231. The van der Waals surface area contributed by atoms with E-state index in [9.17, 15) is 4.79 Å². The van der Waals surface area contributed by atoms with E-state index < -0.39 is 6.17 Å². The summed E-state index contributed by atoms with van der Waals surface area (Å²) in [6.45, 7) is 2.61. The van der Waals surface area contributed by atoms with Crippen LogP contribution in [-0.2, 0) is 16.0 Å². The molecule has 2 aromatic carbocycles. The van der Waals surface area contributed by atoms with E-state index in [1.165, 1.54) is 0 Å². The van der Waals surface area contributed by atoms with Gasteiger partial charge in [-0.25, -0.2) is 9.97 Å². The fourth-order valence-corrected chi connectivity index (χ4v) is 4.38. The Balaban J connectivity index is 1.32. The number of anilines is 2. The van der Waals surface area contributed by atoms with Gasteiger partial charge >= 0.3 is 6.01 Å². The number of nitrogens with one attached hydrogen (secondary N) is 1. The van der Waals surface area contributed by atoms with Gasteiger partial charge in [0.05, 0.1) is 18.9 Å². The van der Waals surface area contributed by atoms with Crippen molar-refractivity contribution in [3.63, 3.8) is 0 Å². The predicted molar refractivity (Wildman–Crippen MR) is 133 cm³/mol. The first-order valence-corrected chi connectivity index (χ1v) is 11.7. The Labute approximate surface area is 207 Å². The zero-order valence-electron chi connectivity index (χ0n) is 19.4. The Morgan fingerprint density at radius 1 is 0.917 bits per heavy atom. The van der Waals surface area contributed by atoms with Crippen molar-refractivity contribution >= 4 is 23.3 Å². The Morgan fingerprint density at radius 2 is 1.69 bits per heavy atom. The lowest BCUT2D eigenvalue weighted by molar-refractivity contribution is -0.119. The molecular weight excluding hydrogens is 458 g/mol. The zero-order valence-corrected chi connectivity index (χ0v) is 19.4. The lowest BCUT2D eigenvalue weighted by Gasteiger charge is -2.28. The molecule has 0 unspecified atom stereocenters. The lowest BCUT2D eigenvalue weighted by Crippen LogP contribution is -2.37. The first kappa shape index (κ1) is 22.1. The molecule has 180 valence electrons. The highest BCUT2D eigenvalue weighted by Crippen LogP contribution is 2.28. The summed E-state index contributed by atoms with van der Waals surface area (Å²) in [7, 11) is 0. The third-order valence-corrected chi connectivity index (χ3v) is 6.12. The van der Waals surface area contributed by atoms with Gasteiger partial charge in [-0.15, -0.1) is 5.10 Å². The van der Waals surface area contributed by atoms with Gasteiger partial charge in [-0.05, 0) is 5.56 Å². The van der Waals surface area contributed by atoms with Gasteiger partial charge in [0.1, 0.15) is 0 Å². The largest absolute Gasteiger partial charge is 0.401 e. The molecule has 4 heterocycles. The fourth-order valence-electron chi connectivity index (χ4n) is 4.38. The number of aromatic nitrogens is 4. The minimum absolute atomic E-state index is 0.0871. The molecule has 2 aliphatic heterocycles. The van der Waals surface area contributed by atoms with Crippen LogP contribution < -0.4 is 10.2 Å². The van der Waals surface area contributed by atoms with Crippen molar-refractivity contribution in [1.82, 2.24) is 20.2 Å². The number of hydrogen-bond donors (Lipinski definition) is 1. The van der Waals surface area contributed by atoms with Crippen LogP contribution in [0.4, 0.5) is 11.8 Å². The number of morpholine rings is 1. The van der Waals surface area contributed by atoms with Gasteiger partial charge in [-0.3, -0.25) is 9.79 Å². The second kappa shape index (κ2) is 9.67. The number of fused-ring (bicyclic) bond motifs is 1.